The van der Waals surface area contributed by atoms with Gasteiger partial charge in [-0.3, -0.25) is 9.69 Å². The molecule has 0 aliphatic carbocycles. The number of sulfone groups is 1. The molecular weight excluding hydrogens is 378 g/mol. The lowest BCUT2D eigenvalue weighted by Gasteiger charge is -2.34. The number of benzene rings is 1. The van der Waals surface area contributed by atoms with Gasteiger partial charge in [0.2, 0.25) is 5.91 Å². The first-order valence-corrected chi connectivity index (χ1v) is 11.6. The molecule has 3 heterocycles. The van der Waals surface area contributed by atoms with Gasteiger partial charge in [-0.25, -0.2) is 8.42 Å². The first kappa shape index (κ1) is 19.3. The summed E-state index contributed by atoms with van der Waals surface area (Å²) in [5, 5.41) is 4.10. The zero-order chi connectivity index (χ0) is 19.7. The molecular formula is C20H27N3O4S. The number of hydrogen-bond acceptors (Lipinski definition) is 5. The number of nitrogens with one attached hydrogen (secondary N) is 2. The van der Waals surface area contributed by atoms with Gasteiger partial charge in [0.05, 0.1) is 25.2 Å². The van der Waals surface area contributed by atoms with Crippen LogP contribution >= 0.6 is 0 Å². The van der Waals surface area contributed by atoms with Crippen molar-refractivity contribution in [2.45, 2.75) is 31.8 Å². The number of fused-ring (bicyclic) bond motifs is 1. The van der Waals surface area contributed by atoms with Crippen molar-refractivity contribution < 1.29 is 17.9 Å². The Labute approximate surface area is 165 Å². The number of likely N-dealkylation sites (tertiary alicyclic amines) is 1. The summed E-state index contributed by atoms with van der Waals surface area (Å²) in [6, 6.07) is 8.01. The molecule has 2 N–H and O–H groups in total. The lowest BCUT2D eigenvalue weighted by Crippen LogP contribution is -2.45. The zero-order valence-electron chi connectivity index (χ0n) is 16.1. The Hall–Kier alpha value is -2.06. The van der Waals surface area contributed by atoms with Gasteiger partial charge in [0.1, 0.15) is 5.75 Å². The Kier molecular flexibility index (Phi) is 5.33. The van der Waals surface area contributed by atoms with E-state index in [2.05, 4.69) is 15.2 Å². The number of methoxy groups -OCH3 is 1. The molecule has 1 aromatic heterocycles. The van der Waals surface area contributed by atoms with Crippen LogP contribution in [0.2, 0.25) is 0 Å². The van der Waals surface area contributed by atoms with Crippen molar-refractivity contribution >= 4 is 26.6 Å². The van der Waals surface area contributed by atoms with Gasteiger partial charge in [-0.1, -0.05) is 0 Å². The maximum absolute atomic E-state index is 12.6. The van der Waals surface area contributed by atoms with Gasteiger partial charge in [-0.15, -0.1) is 0 Å². The molecule has 8 heteroatoms. The van der Waals surface area contributed by atoms with E-state index in [0.717, 1.165) is 54.7 Å². The van der Waals surface area contributed by atoms with Crippen LogP contribution in [0.1, 0.15) is 25.0 Å². The highest BCUT2D eigenvalue weighted by molar-refractivity contribution is 7.91. The molecule has 0 spiro atoms. The maximum atomic E-state index is 12.6. The first-order valence-electron chi connectivity index (χ1n) is 9.81. The van der Waals surface area contributed by atoms with E-state index < -0.39 is 9.84 Å². The number of H-pyrrole nitrogens is 1. The van der Waals surface area contributed by atoms with Crippen molar-refractivity contribution in [1.29, 1.82) is 0 Å². The normalized spacial score (nSPS) is 23.1. The number of carbonyl (C=O) groups is 1. The van der Waals surface area contributed by atoms with Gasteiger partial charge in [-0.05, 0) is 56.6 Å². The van der Waals surface area contributed by atoms with E-state index >= 15 is 0 Å². The monoisotopic (exact) mass is 405 g/mol. The Bertz CT molecular complexity index is 961. The Balaban J connectivity index is 1.28. The minimum Gasteiger partial charge on any atom is -0.497 e. The minimum absolute atomic E-state index is 0.00117. The zero-order valence-corrected chi connectivity index (χ0v) is 16.9. The van der Waals surface area contributed by atoms with Crippen molar-refractivity contribution in [1.82, 2.24) is 15.2 Å². The lowest BCUT2D eigenvalue weighted by molar-refractivity contribution is -0.126. The van der Waals surface area contributed by atoms with Crippen molar-refractivity contribution in [3.8, 4) is 5.75 Å². The van der Waals surface area contributed by atoms with E-state index in [-0.39, 0.29) is 23.6 Å². The first-order chi connectivity index (χ1) is 13.4. The average molecular weight is 406 g/mol. The summed E-state index contributed by atoms with van der Waals surface area (Å²) in [5.74, 6) is 1.46. The molecule has 28 heavy (non-hydrogen) atoms. The average Bonchev–Trinajstić information content (AvgIpc) is 3.27. The quantitative estimate of drug-likeness (QED) is 0.790. The van der Waals surface area contributed by atoms with Crippen LogP contribution in [0.5, 0.6) is 5.75 Å². The summed E-state index contributed by atoms with van der Waals surface area (Å²) in [4.78, 5) is 18.1. The van der Waals surface area contributed by atoms with Crippen molar-refractivity contribution in [2.24, 2.45) is 5.92 Å². The standard InChI is InChI=1S/C20H27N3O4S/c1-27-18-2-3-19-15(11-18)10-16(22-19)12-21-20(24)14-4-7-23(8-5-14)17-6-9-28(25,26)13-17/h2-3,10-11,14,17,22H,4-9,12-13H2,1H3,(H,21,24). The summed E-state index contributed by atoms with van der Waals surface area (Å²) >= 11 is 0. The fraction of sp³-hybridized carbons (Fsp3) is 0.550. The maximum Gasteiger partial charge on any atom is 0.223 e. The fourth-order valence-electron chi connectivity index (χ4n) is 4.31. The summed E-state index contributed by atoms with van der Waals surface area (Å²) in [7, 11) is -1.22. The molecule has 2 saturated heterocycles. The molecule has 2 aromatic rings. The topological polar surface area (TPSA) is 91.5 Å². The van der Waals surface area contributed by atoms with Crippen LogP contribution in [0.3, 0.4) is 0 Å². The number of aromatic amines is 1. The lowest BCUT2D eigenvalue weighted by atomic mass is 9.94. The number of amides is 1. The fourth-order valence-corrected chi connectivity index (χ4v) is 6.07. The molecule has 1 aromatic carbocycles. The molecule has 1 atom stereocenters. The molecule has 0 radical (unpaired) electrons. The smallest absolute Gasteiger partial charge is 0.223 e. The number of aromatic nitrogens is 1. The number of hydrogen-bond donors (Lipinski definition) is 2. The highest BCUT2D eigenvalue weighted by atomic mass is 32.2. The second-order valence-electron chi connectivity index (χ2n) is 7.83. The van der Waals surface area contributed by atoms with E-state index in [1.807, 2.05) is 24.3 Å². The number of piperidine rings is 1. The van der Waals surface area contributed by atoms with Crippen LogP contribution in [-0.2, 0) is 21.2 Å². The van der Waals surface area contributed by atoms with Gasteiger partial charge in [0.25, 0.3) is 0 Å². The number of rotatable bonds is 5. The number of nitrogens with zero attached hydrogens (tertiary/aromatic N) is 1. The third kappa shape index (κ3) is 4.17. The van der Waals surface area contributed by atoms with Crippen LogP contribution in [0.4, 0.5) is 0 Å². The van der Waals surface area contributed by atoms with Crippen LogP contribution in [0.15, 0.2) is 24.3 Å². The Morgan fingerprint density at radius 2 is 2.04 bits per heavy atom. The molecule has 0 bridgehead atoms. The number of carbonyl (C=O) groups excluding carboxylic acids is 1. The van der Waals surface area contributed by atoms with Crippen LogP contribution < -0.4 is 10.1 Å². The summed E-state index contributed by atoms with van der Waals surface area (Å²) in [6.07, 6.45) is 2.29. The van der Waals surface area contributed by atoms with Crippen molar-refractivity contribution in [3.05, 3.63) is 30.0 Å². The molecule has 2 aliphatic heterocycles. The van der Waals surface area contributed by atoms with Crippen LogP contribution in [0, 0.1) is 5.92 Å². The number of ether oxygens (including phenoxy) is 1. The van der Waals surface area contributed by atoms with Crippen LogP contribution in [0.25, 0.3) is 10.9 Å². The van der Waals surface area contributed by atoms with Gasteiger partial charge >= 0.3 is 0 Å². The van der Waals surface area contributed by atoms with Gasteiger partial charge in [-0.2, -0.15) is 0 Å². The molecule has 1 unspecified atom stereocenters. The molecule has 1 amide bonds. The Morgan fingerprint density at radius 3 is 2.71 bits per heavy atom. The summed E-state index contributed by atoms with van der Waals surface area (Å²) < 4.78 is 28.6. The van der Waals surface area contributed by atoms with Crippen molar-refractivity contribution in [3.63, 3.8) is 0 Å². The predicted molar refractivity (Wildman–Crippen MR) is 108 cm³/mol. The van der Waals surface area contributed by atoms with E-state index in [1.54, 1.807) is 7.11 Å². The van der Waals surface area contributed by atoms with Gasteiger partial charge < -0.3 is 15.0 Å². The highest BCUT2D eigenvalue weighted by Crippen LogP contribution is 2.25. The second-order valence-corrected chi connectivity index (χ2v) is 10.1. The summed E-state index contributed by atoms with van der Waals surface area (Å²) in [5.41, 5.74) is 1.98. The Morgan fingerprint density at radius 1 is 1.25 bits per heavy atom. The third-order valence-electron chi connectivity index (χ3n) is 5.96. The van der Waals surface area contributed by atoms with E-state index in [0.29, 0.717) is 12.3 Å². The molecule has 152 valence electrons. The van der Waals surface area contributed by atoms with Gasteiger partial charge in [0, 0.05) is 28.6 Å². The molecule has 0 saturated carbocycles. The van der Waals surface area contributed by atoms with Gasteiger partial charge in [0.15, 0.2) is 9.84 Å². The minimum atomic E-state index is -2.86. The summed E-state index contributed by atoms with van der Waals surface area (Å²) in [6.45, 7) is 2.06. The van der Waals surface area contributed by atoms with Crippen LogP contribution in [-0.4, -0.2) is 62.0 Å². The van der Waals surface area contributed by atoms with E-state index in [4.69, 9.17) is 4.74 Å². The largest absolute Gasteiger partial charge is 0.497 e. The third-order valence-corrected chi connectivity index (χ3v) is 7.71. The second kappa shape index (κ2) is 7.75. The molecule has 4 rings (SSSR count). The molecule has 2 fully saturated rings. The van der Waals surface area contributed by atoms with E-state index in [9.17, 15) is 13.2 Å². The van der Waals surface area contributed by atoms with E-state index in [1.165, 1.54) is 0 Å². The molecule has 7 nitrogen and oxygen atoms in total. The SMILES string of the molecule is COc1ccc2[nH]c(CNC(=O)C3CCN(C4CCS(=O)(=O)C4)CC3)cc2c1. The molecule has 2 aliphatic rings. The highest BCUT2D eigenvalue weighted by Gasteiger charge is 2.35. The predicted octanol–water partition coefficient (Wildman–Crippen LogP) is 1.69. The van der Waals surface area contributed by atoms with Crippen molar-refractivity contribution in [2.75, 3.05) is 31.7 Å².